The van der Waals surface area contributed by atoms with Gasteiger partial charge in [0.15, 0.2) is 6.61 Å². The van der Waals surface area contributed by atoms with E-state index in [1.807, 2.05) is 24.3 Å². The van der Waals surface area contributed by atoms with Crippen molar-refractivity contribution in [3.8, 4) is 11.5 Å². The molecule has 0 unspecified atom stereocenters. The molecule has 0 atom stereocenters. The lowest BCUT2D eigenvalue weighted by molar-refractivity contribution is -0.136. The number of nitrogens with zero attached hydrogens (tertiary/aromatic N) is 1. The third kappa shape index (κ3) is 4.33. The first-order chi connectivity index (χ1) is 15.1. The quantitative estimate of drug-likeness (QED) is 0.324. The zero-order chi connectivity index (χ0) is 21.8. The normalized spacial score (nSPS) is 12.6. The van der Waals surface area contributed by atoms with E-state index in [4.69, 9.17) is 9.47 Å². The van der Waals surface area contributed by atoms with Crippen LogP contribution < -0.4 is 14.4 Å². The van der Waals surface area contributed by atoms with Gasteiger partial charge in [-0.05, 0) is 60.5 Å². The maximum atomic E-state index is 12.6. The van der Waals surface area contributed by atoms with Crippen LogP contribution >= 0.6 is 0 Å². The third-order valence-corrected chi connectivity index (χ3v) is 4.94. The molecule has 0 fully saturated rings. The first kappa shape index (κ1) is 20.3. The minimum absolute atomic E-state index is 0.229. The lowest BCUT2D eigenvalue weighted by Gasteiger charge is -2.14. The van der Waals surface area contributed by atoms with Gasteiger partial charge in [-0.2, -0.15) is 0 Å². The zero-order valence-corrected chi connectivity index (χ0v) is 17.0. The van der Waals surface area contributed by atoms with Crippen LogP contribution in [0.25, 0.3) is 0 Å². The molecule has 1 aliphatic heterocycles. The average molecular weight is 415 g/mol. The highest BCUT2D eigenvalue weighted by atomic mass is 16.6. The maximum Gasteiger partial charge on any atom is 0.349 e. The fourth-order valence-electron chi connectivity index (χ4n) is 3.43. The summed E-state index contributed by atoms with van der Waals surface area (Å²) >= 11 is 0. The van der Waals surface area contributed by atoms with Gasteiger partial charge in [0.05, 0.1) is 16.8 Å². The number of benzene rings is 3. The molecular weight excluding hydrogens is 394 g/mol. The van der Waals surface area contributed by atoms with Crippen LogP contribution in [-0.4, -0.2) is 24.4 Å². The lowest BCUT2D eigenvalue weighted by Crippen LogP contribution is -2.29. The summed E-state index contributed by atoms with van der Waals surface area (Å²) < 4.78 is 10.7. The number of ether oxygens (including phenoxy) is 2. The highest BCUT2D eigenvalue weighted by molar-refractivity contribution is 6.34. The summed E-state index contributed by atoms with van der Waals surface area (Å²) in [7, 11) is 0. The van der Waals surface area contributed by atoms with E-state index in [1.165, 1.54) is 17.7 Å². The summed E-state index contributed by atoms with van der Waals surface area (Å²) in [6, 6.07) is 20.5. The fraction of sp³-hybridized carbons (Fsp3) is 0.160. The first-order valence-electron chi connectivity index (χ1n) is 10.1. The molecule has 0 spiro atoms. The van der Waals surface area contributed by atoms with Crippen LogP contribution in [0.4, 0.5) is 5.69 Å². The molecule has 1 aliphatic rings. The predicted octanol–water partition coefficient (Wildman–Crippen LogP) is 4.42. The number of carbonyl (C=O) groups excluding carboxylic acids is 3. The highest BCUT2D eigenvalue weighted by Gasteiger charge is 2.36. The van der Waals surface area contributed by atoms with Crippen LogP contribution in [-0.2, 0) is 11.2 Å². The number of carbonyl (C=O) groups is 3. The molecule has 2 amide bonds. The number of aryl methyl sites for hydroxylation is 1. The zero-order valence-electron chi connectivity index (χ0n) is 17.0. The van der Waals surface area contributed by atoms with E-state index < -0.39 is 5.97 Å². The second-order valence-electron chi connectivity index (χ2n) is 7.14. The van der Waals surface area contributed by atoms with Crippen LogP contribution in [0.2, 0.25) is 0 Å². The summed E-state index contributed by atoms with van der Waals surface area (Å²) in [5.41, 5.74) is 2.38. The summed E-state index contributed by atoms with van der Waals surface area (Å²) in [6.07, 6.45) is 2.07. The van der Waals surface area contributed by atoms with Gasteiger partial charge < -0.3 is 9.47 Å². The Morgan fingerprint density at radius 1 is 0.806 bits per heavy atom. The Labute approximate surface area is 180 Å². The van der Waals surface area contributed by atoms with Gasteiger partial charge in [-0.25, -0.2) is 9.69 Å². The highest BCUT2D eigenvalue weighted by Crippen LogP contribution is 2.29. The Balaban J connectivity index is 1.35. The first-order valence-corrected chi connectivity index (χ1v) is 10.1. The molecule has 0 bridgehead atoms. The van der Waals surface area contributed by atoms with Gasteiger partial charge in [0.2, 0.25) is 0 Å². The van der Waals surface area contributed by atoms with Gasteiger partial charge in [0, 0.05) is 0 Å². The lowest BCUT2D eigenvalue weighted by atomic mass is 10.1. The van der Waals surface area contributed by atoms with E-state index in [1.54, 1.807) is 36.4 Å². The average Bonchev–Trinajstić information content (AvgIpc) is 3.04. The van der Waals surface area contributed by atoms with Gasteiger partial charge in [-0.15, -0.1) is 0 Å². The van der Waals surface area contributed by atoms with Crippen molar-refractivity contribution in [2.24, 2.45) is 0 Å². The number of esters is 1. The van der Waals surface area contributed by atoms with E-state index >= 15 is 0 Å². The van der Waals surface area contributed by atoms with Crippen LogP contribution in [0, 0.1) is 0 Å². The Kier molecular flexibility index (Phi) is 5.80. The largest absolute Gasteiger partial charge is 0.482 e. The molecule has 1 heterocycles. The molecule has 0 saturated heterocycles. The van der Waals surface area contributed by atoms with Crippen molar-refractivity contribution in [1.29, 1.82) is 0 Å². The van der Waals surface area contributed by atoms with Gasteiger partial charge in [-0.3, -0.25) is 9.59 Å². The Hall–Kier alpha value is -3.93. The van der Waals surface area contributed by atoms with Crippen molar-refractivity contribution in [1.82, 2.24) is 0 Å². The number of imide groups is 1. The molecule has 0 radical (unpaired) electrons. The summed E-state index contributed by atoms with van der Waals surface area (Å²) in [5, 5.41) is 0. The van der Waals surface area contributed by atoms with Crippen LogP contribution in [0.5, 0.6) is 11.5 Å². The van der Waals surface area contributed by atoms with E-state index in [0.717, 1.165) is 17.7 Å². The molecule has 0 saturated carbocycles. The monoisotopic (exact) mass is 415 g/mol. The second-order valence-corrected chi connectivity index (χ2v) is 7.14. The fourth-order valence-corrected chi connectivity index (χ4v) is 3.43. The molecule has 0 aromatic heterocycles. The molecule has 4 rings (SSSR count). The van der Waals surface area contributed by atoms with Crippen LogP contribution in [0.1, 0.15) is 39.6 Å². The standard InChI is InChI=1S/C25H21NO5/c1-2-5-17-8-12-19(13-9-17)30-16-23(27)31-20-14-10-18(11-15-20)26-24(28)21-6-3-4-7-22(21)25(26)29/h3-4,6-15H,2,5,16H2,1H3. The number of fused-ring (bicyclic) bond motifs is 1. The van der Waals surface area contributed by atoms with Gasteiger partial charge in [0.25, 0.3) is 11.8 Å². The molecule has 3 aromatic rings. The molecule has 0 aliphatic carbocycles. The predicted molar refractivity (Wildman–Crippen MR) is 116 cm³/mol. The Bertz CT molecular complexity index is 1080. The summed E-state index contributed by atoms with van der Waals surface area (Å²) in [4.78, 5) is 38.3. The van der Waals surface area contributed by atoms with Crippen molar-refractivity contribution >= 4 is 23.5 Å². The summed E-state index contributed by atoms with van der Waals surface area (Å²) in [5.74, 6) is -0.399. The summed E-state index contributed by atoms with van der Waals surface area (Å²) in [6.45, 7) is 1.89. The van der Waals surface area contributed by atoms with E-state index in [0.29, 0.717) is 28.3 Å². The number of hydrogen-bond donors (Lipinski definition) is 0. The Morgan fingerprint density at radius 2 is 1.39 bits per heavy atom. The smallest absolute Gasteiger partial charge is 0.349 e. The topological polar surface area (TPSA) is 72.9 Å². The number of hydrogen-bond acceptors (Lipinski definition) is 5. The Morgan fingerprint density at radius 3 is 1.97 bits per heavy atom. The van der Waals surface area contributed by atoms with Crippen molar-refractivity contribution in [3.63, 3.8) is 0 Å². The SMILES string of the molecule is CCCc1ccc(OCC(=O)Oc2ccc(N3C(=O)c4ccccc4C3=O)cc2)cc1. The van der Waals surface area contributed by atoms with Crippen molar-refractivity contribution in [3.05, 3.63) is 89.5 Å². The number of anilines is 1. The minimum Gasteiger partial charge on any atom is -0.482 e. The molecule has 31 heavy (non-hydrogen) atoms. The van der Waals surface area contributed by atoms with Crippen molar-refractivity contribution in [2.75, 3.05) is 11.5 Å². The molecule has 3 aromatic carbocycles. The van der Waals surface area contributed by atoms with Crippen LogP contribution in [0.3, 0.4) is 0 Å². The number of rotatable bonds is 7. The van der Waals surface area contributed by atoms with Crippen LogP contribution in [0.15, 0.2) is 72.8 Å². The van der Waals surface area contributed by atoms with Gasteiger partial charge in [0.1, 0.15) is 11.5 Å². The van der Waals surface area contributed by atoms with E-state index in [9.17, 15) is 14.4 Å². The molecule has 156 valence electrons. The second kappa shape index (κ2) is 8.83. The van der Waals surface area contributed by atoms with Gasteiger partial charge in [-0.1, -0.05) is 37.6 Å². The molecule has 6 heteroatoms. The van der Waals surface area contributed by atoms with Gasteiger partial charge >= 0.3 is 5.97 Å². The number of amides is 2. The molecule has 6 nitrogen and oxygen atoms in total. The molecule has 0 N–H and O–H groups in total. The minimum atomic E-state index is -0.550. The molecular formula is C25H21NO5. The van der Waals surface area contributed by atoms with E-state index in [2.05, 4.69) is 6.92 Å². The van der Waals surface area contributed by atoms with E-state index in [-0.39, 0.29) is 18.4 Å². The third-order valence-electron chi connectivity index (χ3n) is 4.94. The van der Waals surface area contributed by atoms with Crippen molar-refractivity contribution in [2.45, 2.75) is 19.8 Å². The maximum absolute atomic E-state index is 12.6. The van der Waals surface area contributed by atoms with Crippen molar-refractivity contribution < 1.29 is 23.9 Å².